The third kappa shape index (κ3) is 5.70. The lowest BCUT2D eigenvalue weighted by Gasteiger charge is -2.23. The zero-order chi connectivity index (χ0) is 13.5. The van der Waals surface area contributed by atoms with Gasteiger partial charge in [-0.05, 0) is 43.4 Å². The Morgan fingerprint density at radius 2 is 2.06 bits per heavy atom. The molecule has 0 aromatic rings. The van der Waals surface area contributed by atoms with Crippen molar-refractivity contribution < 1.29 is 4.79 Å². The first kappa shape index (κ1) is 15.3. The van der Waals surface area contributed by atoms with Crippen LogP contribution in [0.2, 0.25) is 0 Å². The third-order valence-electron chi connectivity index (χ3n) is 3.66. The van der Waals surface area contributed by atoms with Gasteiger partial charge in [0, 0.05) is 20.0 Å². The SMILES string of the molecule is CC/C=C\CCC1CC1CN(CC(C)C)C(C)=O. The van der Waals surface area contributed by atoms with Gasteiger partial charge in [-0.1, -0.05) is 32.9 Å². The van der Waals surface area contributed by atoms with E-state index in [9.17, 15) is 4.79 Å². The van der Waals surface area contributed by atoms with Crippen LogP contribution in [-0.2, 0) is 4.79 Å². The van der Waals surface area contributed by atoms with E-state index in [1.54, 1.807) is 6.92 Å². The van der Waals surface area contributed by atoms with E-state index in [2.05, 4.69) is 32.9 Å². The van der Waals surface area contributed by atoms with Gasteiger partial charge in [0.25, 0.3) is 0 Å². The highest BCUT2D eigenvalue weighted by Crippen LogP contribution is 2.42. The van der Waals surface area contributed by atoms with Gasteiger partial charge in [0.1, 0.15) is 0 Å². The minimum Gasteiger partial charge on any atom is -0.342 e. The molecule has 1 aliphatic rings. The highest BCUT2D eigenvalue weighted by Gasteiger charge is 2.37. The van der Waals surface area contributed by atoms with E-state index in [0.717, 1.165) is 31.3 Å². The van der Waals surface area contributed by atoms with Crippen molar-refractivity contribution >= 4 is 5.91 Å². The standard InChI is InChI=1S/C16H29NO/c1-5-6-7-8-9-15-10-16(15)12-17(14(4)18)11-13(2)3/h6-7,13,15-16H,5,8-12H2,1-4H3/b7-6-. The molecule has 1 saturated carbocycles. The Morgan fingerprint density at radius 1 is 1.33 bits per heavy atom. The van der Waals surface area contributed by atoms with Gasteiger partial charge in [-0.25, -0.2) is 0 Å². The lowest BCUT2D eigenvalue weighted by atomic mass is 10.1. The molecule has 0 bridgehead atoms. The zero-order valence-electron chi connectivity index (χ0n) is 12.5. The maximum atomic E-state index is 11.6. The highest BCUT2D eigenvalue weighted by molar-refractivity contribution is 5.73. The summed E-state index contributed by atoms with van der Waals surface area (Å²) >= 11 is 0. The van der Waals surface area contributed by atoms with Gasteiger partial charge in [-0.3, -0.25) is 4.79 Å². The van der Waals surface area contributed by atoms with Gasteiger partial charge in [0.15, 0.2) is 0 Å². The average Bonchev–Trinajstić information content (AvgIpc) is 3.01. The van der Waals surface area contributed by atoms with Gasteiger partial charge in [0.05, 0.1) is 0 Å². The summed E-state index contributed by atoms with van der Waals surface area (Å²) in [6.45, 7) is 10.1. The lowest BCUT2D eigenvalue weighted by Crippen LogP contribution is -2.34. The predicted octanol–water partition coefficient (Wildman–Crippen LogP) is 3.87. The largest absolute Gasteiger partial charge is 0.342 e. The van der Waals surface area contributed by atoms with Crippen LogP contribution in [0.25, 0.3) is 0 Å². The lowest BCUT2D eigenvalue weighted by molar-refractivity contribution is -0.129. The van der Waals surface area contributed by atoms with Crippen LogP contribution in [0.1, 0.15) is 53.4 Å². The monoisotopic (exact) mass is 251 g/mol. The fraction of sp³-hybridized carbons (Fsp3) is 0.812. The number of rotatable bonds is 8. The van der Waals surface area contributed by atoms with Crippen molar-refractivity contribution in [3.63, 3.8) is 0 Å². The number of hydrogen-bond acceptors (Lipinski definition) is 1. The van der Waals surface area contributed by atoms with Crippen LogP contribution in [0, 0.1) is 17.8 Å². The van der Waals surface area contributed by atoms with E-state index in [1.807, 2.05) is 4.90 Å². The molecule has 2 atom stereocenters. The molecule has 1 amide bonds. The number of amides is 1. The summed E-state index contributed by atoms with van der Waals surface area (Å²) in [5.41, 5.74) is 0. The number of hydrogen-bond donors (Lipinski definition) is 0. The van der Waals surface area contributed by atoms with E-state index >= 15 is 0 Å². The number of nitrogens with zero attached hydrogens (tertiary/aromatic N) is 1. The summed E-state index contributed by atoms with van der Waals surface area (Å²) in [7, 11) is 0. The summed E-state index contributed by atoms with van der Waals surface area (Å²) in [5.74, 6) is 2.43. The molecule has 0 spiro atoms. The summed E-state index contributed by atoms with van der Waals surface area (Å²) in [4.78, 5) is 13.6. The van der Waals surface area contributed by atoms with Gasteiger partial charge in [0.2, 0.25) is 5.91 Å². The van der Waals surface area contributed by atoms with Crippen molar-refractivity contribution in [1.29, 1.82) is 0 Å². The smallest absolute Gasteiger partial charge is 0.219 e. The van der Waals surface area contributed by atoms with Crippen LogP contribution in [0.4, 0.5) is 0 Å². The minimum atomic E-state index is 0.236. The molecule has 0 radical (unpaired) electrons. The minimum absolute atomic E-state index is 0.236. The molecule has 2 heteroatoms. The van der Waals surface area contributed by atoms with Gasteiger partial charge in [-0.2, -0.15) is 0 Å². The van der Waals surface area contributed by atoms with E-state index in [0.29, 0.717) is 5.92 Å². The average molecular weight is 251 g/mol. The Labute approximate surface area is 112 Å². The first-order chi connectivity index (χ1) is 8.54. The fourth-order valence-electron chi connectivity index (χ4n) is 2.54. The third-order valence-corrected chi connectivity index (χ3v) is 3.66. The van der Waals surface area contributed by atoms with Crippen LogP contribution in [-0.4, -0.2) is 23.9 Å². The second kappa shape index (κ2) is 7.60. The molecule has 104 valence electrons. The second-order valence-electron chi connectivity index (χ2n) is 6.03. The van der Waals surface area contributed by atoms with Crippen LogP contribution in [0.3, 0.4) is 0 Å². The molecule has 2 unspecified atom stereocenters. The molecule has 0 saturated heterocycles. The molecule has 2 nitrogen and oxygen atoms in total. The van der Waals surface area contributed by atoms with Crippen molar-refractivity contribution in [2.45, 2.75) is 53.4 Å². The van der Waals surface area contributed by atoms with Crippen molar-refractivity contribution in [3.05, 3.63) is 12.2 Å². The highest BCUT2D eigenvalue weighted by atomic mass is 16.2. The normalized spacial score (nSPS) is 22.7. The first-order valence-corrected chi connectivity index (χ1v) is 7.45. The van der Waals surface area contributed by atoms with Gasteiger partial charge >= 0.3 is 0 Å². The van der Waals surface area contributed by atoms with E-state index in [-0.39, 0.29) is 5.91 Å². The number of carbonyl (C=O) groups excluding carboxylic acids is 1. The molecular weight excluding hydrogens is 222 g/mol. The molecule has 18 heavy (non-hydrogen) atoms. The number of carbonyl (C=O) groups is 1. The zero-order valence-corrected chi connectivity index (χ0v) is 12.5. The van der Waals surface area contributed by atoms with E-state index < -0.39 is 0 Å². The Bertz CT molecular complexity index is 283. The van der Waals surface area contributed by atoms with Gasteiger partial charge in [-0.15, -0.1) is 0 Å². The molecule has 0 aromatic carbocycles. The van der Waals surface area contributed by atoms with Crippen LogP contribution in [0.5, 0.6) is 0 Å². The Balaban J connectivity index is 2.23. The van der Waals surface area contributed by atoms with Crippen LogP contribution in [0.15, 0.2) is 12.2 Å². The molecule has 0 aromatic heterocycles. The Kier molecular flexibility index (Phi) is 6.45. The molecule has 1 aliphatic carbocycles. The summed E-state index contributed by atoms with van der Waals surface area (Å²) < 4.78 is 0. The maximum absolute atomic E-state index is 11.6. The Hall–Kier alpha value is -0.790. The van der Waals surface area contributed by atoms with Crippen molar-refractivity contribution in [1.82, 2.24) is 4.90 Å². The van der Waals surface area contributed by atoms with Crippen molar-refractivity contribution in [3.8, 4) is 0 Å². The quantitative estimate of drug-likeness (QED) is 0.600. The molecular formula is C16H29NO. The second-order valence-corrected chi connectivity index (χ2v) is 6.03. The molecule has 0 heterocycles. The summed E-state index contributed by atoms with van der Waals surface area (Å²) in [6, 6.07) is 0. The van der Waals surface area contributed by atoms with Crippen LogP contribution >= 0.6 is 0 Å². The van der Waals surface area contributed by atoms with Gasteiger partial charge < -0.3 is 4.90 Å². The summed E-state index contributed by atoms with van der Waals surface area (Å²) in [6.07, 6.45) is 9.51. The summed E-state index contributed by atoms with van der Waals surface area (Å²) in [5, 5.41) is 0. The fourth-order valence-corrected chi connectivity index (χ4v) is 2.54. The van der Waals surface area contributed by atoms with Crippen molar-refractivity contribution in [2.75, 3.05) is 13.1 Å². The first-order valence-electron chi connectivity index (χ1n) is 7.45. The van der Waals surface area contributed by atoms with E-state index in [1.165, 1.54) is 19.3 Å². The van der Waals surface area contributed by atoms with Crippen molar-refractivity contribution in [2.24, 2.45) is 17.8 Å². The van der Waals surface area contributed by atoms with Crippen LogP contribution < -0.4 is 0 Å². The Morgan fingerprint density at radius 3 is 2.61 bits per heavy atom. The molecule has 1 fully saturated rings. The van der Waals surface area contributed by atoms with E-state index in [4.69, 9.17) is 0 Å². The maximum Gasteiger partial charge on any atom is 0.219 e. The number of allylic oxidation sites excluding steroid dienone is 2. The topological polar surface area (TPSA) is 20.3 Å². The predicted molar refractivity (Wildman–Crippen MR) is 77.4 cm³/mol. The molecule has 0 aliphatic heterocycles. The molecule has 0 N–H and O–H groups in total. The molecule has 1 rings (SSSR count).